The largest absolute Gasteiger partial charge is 0.481 e. The van der Waals surface area contributed by atoms with Gasteiger partial charge in [0, 0.05) is 12.5 Å². The maximum absolute atomic E-state index is 12.8. The maximum Gasteiger partial charge on any atom is 0.303 e. The number of hydrogen-bond donors (Lipinski definition) is 3. The van der Waals surface area contributed by atoms with Crippen LogP contribution in [0.25, 0.3) is 10.8 Å². The van der Waals surface area contributed by atoms with Crippen LogP contribution in [-0.4, -0.2) is 16.0 Å². The molecule has 5 nitrogen and oxygen atoms in total. The predicted octanol–water partition coefficient (Wildman–Crippen LogP) is 4.72. The average Bonchev–Trinajstić information content (AvgIpc) is 2.65. The highest BCUT2D eigenvalue weighted by atomic mass is 31.2. The molecule has 0 aliphatic rings. The van der Waals surface area contributed by atoms with Crippen LogP contribution in [0.15, 0.2) is 72.8 Å². The van der Waals surface area contributed by atoms with Gasteiger partial charge in [-0.1, -0.05) is 72.8 Å². The van der Waals surface area contributed by atoms with E-state index in [9.17, 15) is 14.3 Å². The van der Waals surface area contributed by atoms with Crippen molar-refractivity contribution in [3.05, 3.63) is 83.9 Å². The van der Waals surface area contributed by atoms with E-state index in [0.29, 0.717) is 0 Å². The monoisotopic (exact) mass is 383 g/mol. The lowest BCUT2D eigenvalue weighted by molar-refractivity contribution is -0.137. The number of aliphatic carboxylic acids is 1. The second kappa shape index (κ2) is 8.49. The van der Waals surface area contributed by atoms with Gasteiger partial charge in [-0.05, 0) is 28.3 Å². The minimum Gasteiger partial charge on any atom is -0.481 e. The molecular weight excluding hydrogens is 361 g/mol. The molecule has 140 valence electrons. The summed E-state index contributed by atoms with van der Waals surface area (Å²) in [6.07, 6.45) is 0.122. The molecule has 0 spiro atoms. The Morgan fingerprint density at radius 1 is 0.963 bits per heavy atom. The third kappa shape index (κ3) is 5.27. The van der Waals surface area contributed by atoms with Crippen molar-refractivity contribution in [2.75, 3.05) is 0 Å². The molecule has 0 radical (unpaired) electrons. The van der Waals surface area contributed by atoms with Gasteiger partial charge in [-0.3, -0.25) is 9.36 Å². The summed E-state index contributed by atoms with van der Waals surface area (Å²) < 4.78 is 12.8. The van der Waals surface area contributed by atoms with Crippen molar-refractivity contribution < 1.29 is 19.4 Å². The first-order chi connectivity index (χ1) is 12.9. The molecule has 2 atom stereocenters. The van der Waals surface area contributed by atoms with Crippen molar-refractivity contribution >= 4 is 24.3 Å². The standard InChI is InChI=1S/C21H22NO4P/c23-21(24)14-13-20(19-12-6-10-17-9-4-5-11-18(17)19)22-27(25,26)15-16-7-2-1-3-8-16/h1-12,20H,13-15H2,(H,23,24)(H2,22,25,26). The number of hydrogen-bond acceptors (Lipinski definition) is 2. The van der Waals surface area contributed by atoms with Gasteiger partial charge in [0.1, 0.15) is 0 Å². The SMILES string of the molecule is O=C(O)CCC(NP(=O)(O)Cc1ccccc1)c1cccc2ccccc12. The van der Waals surface area contributed by atoms with E-state index in [2.05, 4.69) is 5.09 Å². The fourth-order valence-electron chi connectivity index (χ4n) is 3.23. The molecule has 0 aliphatic carbocycles. The van der Waals surface area contributed by atoms with E-state index in [1.54, 1.807) is 12.1 Å². The van der Waals surface area contributed by atoms with Gasteiger partial charge in [0.05, 0.1) is 6.16 Å². The Morgan fingerprint density at radius 2 is 1.63 bits per heavy atom. The van der Waals surface area contributed by atoms with Crippen LogP contribution in [0.2, 0.25) is 0 Å². The van der Waals surface area contributed by atoms with Crippen LogP contribution >= 0.6 is 7.52 Å². The van der Waals surface area contributed by atoms with Crippen molar-refractivity contribution in [1.82, 2.24) is 5.09 Å². The summed E-state index contributed by atoms with van der Waals surface area (Å²) in [5.74, 6) is -0.933. The van der Waals surface area contributed by atoms with Crippen LogP contribution in [0.3, 0.4) is 0 Å². The van der Waals surface area contributed by atoms with Crippen LogP contribution in [-0.2, 0) is 15.5 Å². The average molecular weight is 383 g/mol. The summed E-state index contributed by atoms with van der Waals surface area (Å²) in [5.41, 5.74) is 1.59. The number of benzene rings is 3. The first kappa shape index (κ1) is 19.3. The van der Waals surface area contributed by atoms with E-state index in [0.717, 1.165) is 21.9 Å². The van der Waals surface area contributed by atoms with Crippen molar-refractivity contribution in [3.63, 3.8) is 0 Å². The van der Waals surface area contributed by atoms with E-state index in [1.165, 1.54) is 0 Å². The summed E-state index contributed by atoms with van der Waals surface area (Å²) in [6, 6.07) is 22.0. The number of carbonyl (C=O) groups is 1. The summed E-state index contributed by atoms with van der Waals surface area (Å²) >= 11 is 0. The molecule has 27 heavy (non-hydrogen) atoms. The van der Waals surface area contributed by atoms with Crippen LogP contribution in [0, 0.1) is 0 Å². The maximum atomic E-state index is 12.8. The van der Waals surface area contributed by atoms with E-state index in [-0.39, 0.29) is 19.0 Å². The normalized spacial score (nSPS) is 14.6. The van der Waals surface area contributed by atoms with Gasteiger partial charge in [0.15, 0.2) is 0 Å². The smallest absolute Gasteiger partial charge is 0.303 e. The zero-order valence-corrected chi connectivity index (χ0v) is 15.7. The van der Waals surface area contributed by atoms with E-state index in [4.69, 9.17) is 5.11 Å². The van der Waals surface area contributed by atoms with Gasteiger partial charge < -0.3 is 10.00 Å². The topological polar surface area (TPSA) is 86.6 Å². The van der Waals surface area contributed by atoms with E-state index < -0.39 is 19.5 Å². The Morgan fingerprint density at radius 3 is 2.37 bits per heavy atom. The molecule has 0 aliphatic heterocycles. The molecule has 6 heteroatoms. The first-order valence-electron chi connectivity index (χ1n) is 8.77. The number of carboxylic acid groups (broad SMARTS) is 1. The highest BCUT2D eigenvalue weighted by Crippen LogP contribution is 2.44. The fourth-order valence-corrected chi connectivity index (χ4v) is 4.78. The third-order valence-electron chi connectivity index (χ3n) is 4.44. The third-order valence-corrected chi connectivity index (χ3v) is 5.95. The summed E-state index contributed by atoms with van der Waals surface area (Å²) in [6.45, 7) is 0. The lowest BCUT2D eigenvalue weighted by Crippen LogP contribution is -2.21. The van der Waals surface area contributed by atoms with Crippen molar-refractivity contribution in [2.24, 2.45) is 0 Å². The zero-order chi connectivity index (χ0) is 19.3. The summed E-state index contributed by atoms with van der Waals surface area (Å²) in [5, 5.41) is 13.9. The number of nitrogens with one attached hydrogen (secondary N) is 1. The number of rotatable bonds is 8. The fraction of sp³-hybridized carbons (Fsp3) is 0.190. The molecule has 0 amide bonds. The van der Waals surface area contributed by atoms with Gasteiger partial charge in [-0.15, -0.1) is 0 Å². The molecule has 0 heterocycles. The molecule has 0 bridgehead atoms. The lowest BCUT2D eigenvalue weighted by Gasteiger charge is -2.24. The molecule has 3 rings (SSSR count). The highest BCUT2D eigenvalue weighted by Gasteiger charge is 2.26. The van der Waals surface area contributed by atoms with E-state index in [1.807, 2.05) is 60.7 Å². The van der Waals surface area contributed by atoms with Crippen molar-refractivity contribution in [3.8, 4) is 0 Å². The lowest BCUT2D eigenvalue weighted by atomic mass is 9.96. The zero-order valence-electron chi connectivity index (χ0n) is 14.8. The number of fused-ring (bicyclic) bond motifs is 1. The highest BCUT2D eigenvalue weighted by molar-refractivity contribution is 7.55. The van der Waals surface area contributed by atoms with Crippen LogP contribution in [0.5, 0.6) is 0 Å². The van der Waals surface area contributed by atoms with Crippen LogP contribution in [0.1, 0.15) is 30.0 Å². The van der Waals surface area contributed by atoms with Gasteiger partial charge in [-0.2, -0.15) is 0 Å². The number of carboxylic acids is 1. The second-order valence-electron chi connectivity index (χ2n) is 6.53. The van der Waals surface area contributed by atoms with Gasteiger partial charge in [0.2, 0.25) is 0 Å². The minimum absolute atomic E-state index is 0.0117. The molecule has 3 N–H and O–H groups in total. The quantitative estimate of drug-likeness (QED) is 0.490. The van der Waals surface area contributed by atoms with E-state index >= 15 is 0 Å². The van der Waals surface area contributed by atoms with Gasteiger partial charge in [0.25, 0.3) is 7.52 Å². The Kier molecular flexibility index (Phi) is 6.07. The van der Waals surface area contributed by atoms with Crippen molar-refractivity contribution in [1.29, 1.82) is 0 Å². The molecule has 0 aromatic heterocycles. The Hall–Kier alpha value is -2.46. The molecule has 2 unspecified atom stereocenters. The van der Waals surface area contributed by atoms with Gasteiger partial charge in [-0.25, -0.2) is 5.09 Å². The Labute approximate surface area is 158 Å². The molecule has 3 aromatic rings. The Bertz CT molecular complexity index is 969. The summed E-state index contributed by atoms with van der Waals surface area (Å²) in [7, 11) is -3.72. The summed E-state index contributed by atoms with van der Waals surface area (Å²) in [4.78, 5) is 21.6. The molecular formula is C21H22NO4P. The van der Waals surface area contributed by atoms with Gasteiger partial charge >= 0.3 is 5.97 Å². The molecule has 0 saturated carbocycles. The Balaban J connectivity index is 1.91. The minimum atomic E-state index is -3.72. The predicted molar refractivity (Wildman–Crippen MR) is 107 cm³/mol. The molecule has 0 saturated heterocycles. The first-order valence-corrected chi connectivity index (χ1v) is 10.6. The second-order valence-corrected chi connectivity index (χ2v) is 8.51. The van der Waals surface area contributed by atoms with Crippen LogP contribution < -0.4 is 5.09 Å². The molecule has 3 aromatic carbocycles. The molecule has 0 fully saturated rings. The van der Waals surface area contributed by atoms with Crippen LogP contribution in [0.4, 0.5) is 0 Å². The van der Waals surface area contributed by atoms with Crippen molar-refractivity contribution in [2.45, 2.75) is 25.0 Å².